The molecule has 7 heteroatoms. The highest BCUT2D eigenvalue weighted by molar-refractivity contribution is 7.89. The summed E-state index contributed by atoms with van der Waals surface area (Å²) in [7, 11) is -3.61. The highest BCUT2D eigenvalue weighted by Crippen LogP contribution is 2.22. The van der Waals surface area contributed by atoms with Crippen molar-refractivity contribution in [1.29, 1.82) is 0 Å². The first-order chi connectivity index (χ1) is 12.0. The van der Waals surface area contributed by atoms with Crippen molar-refractivity contribution in [3.63, 3.8) is 0 Å². The minimum atomic E-state index is -3.61. The molecule has 0 atom stereocenters. The summed E-state index contributed by atoms with van der Waals surface area (Å²) in [6, 6.07) is 12.7. The largest absolute Gasteiger partial charge is 0.333 e. The van der Waals surface area contributed by atoms with Crippen LogP contribution in [0.15, 0.2) is 66.1 Å². The lowest BCUT2D eigenvalue weighted by Gasteiger charge is -2.11. The van der Waals surface area contributed by atoms with E-state index in [9.17, 15) is 8.42 Å². The topological polar surface area (TPSA) is 64.0 Å². The van der Waals surface area contributed by atoms with Crippen LogP contribution in [0, 0.1) is 6.92 Å². The van der Waals surface area contributed by atoms with Crippen LogP contribution in [0.25, 0.3) is 0 Å². The van der Waals surface area contributed by atoms with Crippen LogP contribution in [0.5, 0.6) is 0 Å². The van der Waals surface area contributed by atoms with Crippen molar-refractivity contribution in [3.8, 4) is 0 Å². The molecular weight excluding hydrogens is 358 g/mol. The minimum Gasteiger partial charge on any atom is -0.333 e. The van der Waals surface area contributed by atoms with Gasteiger partial charge in [-0.05, 0) is 35.7 Å². The number of nitrogens with zero attached hydrogens (tertiary/aromatic N) is 2. The molecule has 0 saturated heterocycles. The number of hydrogen-bond acceptors (Lipinski definition) is 3. The van der Waals surface area contributed by atoms with E-state index in [0.717, 1.165) is 17.7 Å². The van der Waals surface area contributed by atoms with Gasteiger partial charge in [0.05, 0.1) is 11.2 Å². The van der Waals surface area contributed by atoms with Crippen LogP contribution < -0.4 is 4.72 Å². The maximum Gasteiger partial charge on any atom is 0.241 e. The van der Waals surface area contributed by atoms with Crippen LogP contribution in [0.2, 0.25) is 5.02 Å². The summed E-state index contributed by atoms with van der Waals surface area (Å²) in [5, 5.41) is 0.437. The third-order valence-corrected chi connectivity index (χ3v) is 5.88. The Kier molecular flexibility index (Phi) is 5.22. The molecule has 0 radical (unpaired) electrons. The van der Waals surface area contributed by atoms with E-state index in [1.807, 2.05) is 35.0 Å². The van der Waals surface area contributed by atoms with Crippen LogP contribution in [0.4, 0.5) is 0 Å². The molecular formula is C18H18ClN3O2S. The Morgan fingerprint density at radius 2 is 1.84 bits per heavy atom. The molecule has 1 aromatic heterocycles. The van der Waals surface area contributed by atoms with Gasteiger partial charge in [-0.25, -0.2) is 18.1 Å². The zero-order valence-electron chi connectivity index (χ0n) is 13.7. The summed E-state index contributed by atoms with van der Waals surface area (Å²) in [6.07, 6.45) is 5.39. The van der Waals surface area contributed by atoms with Crippen molar-refractivity contribution in [3.05, 3.63) is 82.9 Å². The predicted octanol–water partition coefficient (Wildman–Crippen LogP) is 3.37. The van der Waals surface area contributed by atoms with Crippen molar-refractivity contribution in [2.24, 2.45) is 0 Å². The van der Waals surface area contributed by atoms with Gasteiger partial charge in [-0.3, -0.25) is 0 Å². The Morgan fingerprint density at radius 3 is 2.52 bits per heavy atom. The lowest BCUT2D eigenvalue weighted by atomic mass is 10.1. The van der Waals surface area contributed by atoms with E-state index in [1.54, 1.807) is 37.6 Å². The van der Waals surface area contributed by atoms with Gasteiger partial charge in [-0.2, -0.15) is 0 Å². The average molecular weight is 376 g/mol. The molecule has 1 heterocycles. The Bertz CT molecular complexity index is 952. The van der Waals surface area contributed by atoms with Crippen molar-refractivity contribution in [1.82, 2.24) is 14.3 Å². The van der Waals surface area contributed by atoms with Crippen molar-refractivity contribution >= 4 is 21.6 Å². The van der Waals surface area contributed by atoms with E-state index < -0.39 is 10.0 Å². The number of nitrogens with one attached hydrogen (secondary N) is 1. The van der Waals surface area contributed by atoms with Gasteiger partial charge < -0.3 is 4.57 Å². The zero-order valence-corrected chi connectivity index (χ0v) is 15.3. The molecule has 3 aromatic rings. The molecule has 0 aliphatic heterocycles. The Labute approximate surface area is 152 Å². The second kappa shape index (κ2) is 7.39. The molecule has 5 nitrogen and oxygen atoms in total. The molecule has 0 aliphatic rings. The number of halogens is 1. The third kappa shape index (κ3) is 4.28. The quantitative estimate of drug-likeness (QED) is 0.718. The second-order valence-corrected chi connectivity index (χ2v) is 7.88. The number of rotatable bonds is 6. The summed E-state index contributed by atoms with van der Waals surface area (Å²) < 4.78 is 29.5. The number of benzene rings is 2. The van der Waals surface area contributed by atoms with Crippen molar-refractivity contribution in [2.45, 2.75) is 24.9 Å². The highest BCUT2D eigenvalue weighted by atomic mass is 35.5. The summed E-state index contributed by atoms with van der Waals surface area (Å²) in [5.74, 6) is 0. The molecule has 1 N–H and O–H groups in total. The van der Waals surface area contributed by atoms with Gasteiger partial charge >= 0.3 is 0 Å². The van der Waals surface area contributed by atoms with Gasteiger partial charge in [0, 0.05) is 30.5 Å². The fourth-order valence-electron chi connectivity index (χ4n) is 2.49. The number of aromatic nitrogens is 2. The number of sulfonamides is 1. The Hall–Kier alpha value is -2.15. The van der Waals surface area contributed by atoms with E-state index in [0.29, 0.717) is 10.6 Å². The molecule has 0 aliphatic carbocycles. The Morgan fingerprint density at radius 1 is 1.12 bits per heavy atom. The standard InChI is InChI=1S/C18H18ClN3O2S/c1-14-17(19)3-2-4-18(14)25(23,24)21-11-15-5-7-16(8-6-15)12-22-10-9-20-13-22/h2-10,13,21H,11-12H2,1H3. The van der Waals surface area contributed by atoms with Crippen LogP contribution in [-0.4, -0.2) is 18.0 Å². The predicted molar refractivity (Wildman–Crippen MR) is 98.0 cm³/mol. The SMILES string of the molecule is Cc1c(Cl)cccc1S(=O)(=O)NCc1ccc(Cn2ccnc2)cc1. The van der Waals surface area contributed by atoms with E-state index >= 15 is 0 Å². The molecule has 0 fully saturated rings. The monoisotopic (exact) mass is 375 g/mol. The van der Waals surface area contributed by atoms with Gasteiger partial charge in [0.25, 0.3) is 0 Å². The van der Waals surface area contributed by atoms with Crippen LogP contribution in [0.3, 0.4) is 0 Å². The molecule has 0 spiro atoms. The zero-order chi connectivity index (χ0) is 17.9. The minimum absolute atomic E-state index is 0.205. The van der Waals surface area contributed by atoms with E-state index in [1.165, 1.54) is 0 Å². The van der Waals surface area contributed by atoms with Crippen molar-refractivity contribution in [2.75, 3.05) is 0 Å². The molecule has 3 rings (SSSR count). The molecule has 0 saturated carbocycles. The van der Waals surface area contributed by atoms with Gasteiger partial charge in [0.15, 0.2) is 0 Å². The molecule has 130 valence electrons. The first-order valence-electron chi connectivity index (χ1n) is 7.74. The Balaban J connectivity index is 1.67. The summed E-state index contributed by atoms with van der Waals surface area (Å²) in [5.41, 5.74) is 2.56. The second-order valence-electron chi connectivity index (χ2n) is 5.74. The summed E-state index contributed by atoms with van der Waals surface area (Å²) >= 11 is 6.01. The first kappa shape index (κ1) is 17.7. The third-order valence-electron chi connectivity index (χ3n) is 3.92. The van der Waals surface area contributed by atoms with Gasteiger partial charge in [-0.15, -0.1) is 0 Å². The molecule has 0 unspecified atom stereocenters. The summed E-state index contributed by atoms with van der Waals surface area (Å²) in [4.78, 5) is 4.22. The maximum absolute atomic E-state index is 12.5. The van der Waals surface area contributed by atoms with Gasteiger partial charge in [0.2, 0.25) is 10.0 Å². The van der Waals surface area contributed by atoms with E-state index in [4.69, 9.17) is 11.6 Å². The first-order valence-corrected chi connectivity index (χ1v) is 9.60. The van der Waals surface area contributed by atoms with Crippen LogP contribution in [0.1, 0.15) is 16.7 Å². The number of hydrogen-bond donors (Lipinski definition) is 1. The fourth-order valence-corrected chi connectivity index (χ4v) is 4.00. The normalized spacial score (nSPS) is 11.6. The van der Waals surface area contributed by atoms with E-state index in [-0.39, 0.29) is 11.4 Å². The van der Waals surface area contributed by atoms with Gasteiger partial charge in [-0.1, -0.05) is 41.9 Å². The lowest BCUT2D eigenvalue weighted by molar-refractivity contribution is 0.580. The fraction of sp³-hybridized carbons (Fsp3) is 0.167. The lowest BCUT2D eigenvalue weighted by Crippen LogP contribution is -2.24. The van der Waals surface area contributed by atoms with Gasteiger partial charge in [0.1, 0.15) is 0 Å². The van der Waals surface area contributed by atoms with Crippen molar-refractivity contribution < 1.29 is 8.42 Å². The summed E-state index contributed by atoms with van der Waals surface area (Å²) in [6.45, 7) is 2.65. The number of imidazole rings is 1. The van der Waals surface area contributed by atoms with E-state index in [2.05, 4.69) is 9.71 Å². The highest BCUT2D eigenvalue weighted by Gasteiger charge is 2.17. The molecule has 2 aromatic carbocycles. The average Bonchev–Trinajstić information content (AvgIpc) is 3.10. The van der Waals surface area contributed by atoms with Crippen LogP contribution >= 0.6 is 11.6 Å². The van der Waals surface area contributed by atoms with Crippen LogP contribution in [-0.2, 0) is 23.1 Å². The smallest absolute Gasteiger partial charge is 0.241 e. The maximum atomic E-state index is 12.5. The molecule has 0 bridgehead atoms. The molecule has 0 amide bonds. The molecule has 25 heavy (non-hydrogen) atoms.